The topological polar surface area (TPSA) is 63.1 Å². The molecule has 0 spiro atoms. The van der Waals surface area contributed by atoms with Crippen molar-refractivity contribution in [2.24, 2.45) is 0 Å². The van der Waals surface area contributed by atoms with Gasteiger partial charge in [0, 0.05) is 6.92 Å². The summed E-state index contributed by atoms with van der Waals surface area (Å²) in [6, 6.07) is 0.465. The van der Waals surface area contributed by atoms with Gasteiger partial charge in [-0.1, -0.05) is 11.3 Å². The largest absolute Gasteiger partial charge is 0.306 e. The number of likely N-dealkylation sites (tertiary alicyclic amines) is 1. The van der Waals surface area contributed by atoms with Crippen molar-refractivity contribution in [2.45, 2.75) is 38.6 Å². The van der Waals surface area contributed by atoms with Crippen molar-refractivity contribution in [3.05, 3.63) is 17.5 Å². The fraction of sp³-hybridized carbons (Fsp3) is 0.562. The van der Waals surface area contributed by atoms with Gasteiger partial charge in [0.25, 0.3) is 0 Å². The van der Waals surface area contributed by atoms with Crippen LogP contribution >= 0.6 is 11.3 Å². The van der Waals surface area contributed by atoms with Crippen LogP contribution in [0.4, 0.5) is 5.13 Å². The van der Waals surface area contributed by atoms with Gasteiger partial charge < -0.3 is 10.2 Å². The predicted molar refractivity (Wildman–Crippen MR) is 90.8 cm³/mol. The lowest BCUT2D eigenvalue weighted by molar-refractivity contribution is -0.114. The number of hydrogen-bond acceptors (Lipinski definition) is 5. The van der Waals surface area contributed by atoms with E-state index in [0.717, 1.165) is 44.5 Å². The number of amides is 1. The number of anilines is 1. The lowest BCUT2D eigenvalue weighted by Gasteiger charge is -2.30. The third-order valence-corrected chi connectivity index (χ3v) is 5.75. The minimum Gasteiger partial charge on any atom is -0.306 e. The van der Waals surface area contributed by atoms with Crippen molar-refractivity contribution in [3.8, 4) is 10.6 Å². The van der Waals surface area contributed by atoms with Crippen molar-refractivity contribution in [3.63, 3.8) is 0 Å². The van der Waals surface area contributed by atoms with Gasteiger partial charge in [0.15, 0.2) is 5.13 Å². The number of piperidine rings is 1. The summed E-state index contributed by atoms with van der Waals surface area (Å²) < 4.78 is 2.22. The van der Waals surface area contributed by atoms with Crippen LogP contribution in [-0.4, -0.2) is 45.7 Å². The summed E-state index contributed by atoms with van der Waals surface area (Å²) in [6.45, 7) is 3.76. The molecule has 122 valence electrons. The summed E-state index contributed by atoms with van der Waals surface area (Å²) >= 11 is 1.58. The summed E-state index contributed by atoms with van der Waals surface area (Å²) in [4.78, 5) is 19.5. The van der Waals surface area contributed by atoms with Crippen LogP contribution in [0.1, 0.15) is 37.1 Å². The SMILES string of the molecule is CC(=O)Nc1nc2c(s1)-c1c(cnn1C1CCN(C)CC1)CC2. The van der Waals surface area contributed by atoms with Gasteiger partial charge in [-0.3, -0.25) is 9.48 Å². The summed E-state index contributed by atoms with van der Waals surface area (Å²) in [5.41, 5.74) is 3.64. The maximum atomic E-state index is 11.3. The molecule has 1 aliphatic heterocycles. The van der Waals surface area contributed by atoms with Gasteiger partial charge >= 0.3 is 0 Å². The zero-order valence-electron chi connectivity index (χ0n) is 13.5. The standard InChI is InChI=1S/C16H21N5OS/c1-10(22)18-16-19-13-4-3-11-9-17-21(14(11)15(13)23-16)12-5-7-20(2)8-6-12/h9,12H,3-8H2,1-2H3,(H,18,19,22). The Morgan fingerprint density at radius 3 is 2.87 bits per heavy atom. The molecule has 4 rings (SSSR count). The highest BCUT2D eigenvalue weighted by atomic mass is 32.1. The molecule has 2 aromatic heterocycles. The van der Waals surface area contributed by atoms with Crippen LogP contribution < -0.4 is 5.32 Å². The van der Waals surface area contributed by atoms with Crippen LogP contribution in [0.2, 0.25) is 0 Å². The van der Waals surface area contributed by atoms with E-state index in [1.165, 1.54) is 23.1 Å². The molecule has 2 aliphatic rings. The van der Waals surface area contributed by atoms with Gasteiger partial charge in [0.05, 0.1) is 28.5 Å². The summed E-state index contributed by atoms with van der Waals surface area (Å²) in [6.07, 6.45) is 6.21. The van der Waals surface area contributed by atoms with Crippen molar-refractivity contribution >= 4 is 22.4 Å². The van der Waals surface area contributed by atoms with E-state index in [2.05, 4.69) is 26.9 Å². The molecule has 1 saturated heterocycles. The van der Waals surface area contributed by atoms with E-state index >= 15 is 0 Å². The number of carbonyl (C=O) groups excluding carboxylic acids is 1. The maximum absolute atomic E-state index is 11.3. The molecule has 23 heavy (non-hydrogen) atoms. The molecule has 7 heteroatoms. The van der Waals surface area contributed by atoms with E-state index in [-0.39, 0.29) is 5.91 Å². The first kappa shape index (κ1) is 14.8. The molecule has 1 aliphatic carbocycles. The average molecular weight is 331 g/mol. The van der Waals surface area contributed by atoms with Gasteiger partial charge in [-0.25, -0.2) is 4.98 Å². The van der Waals surface area contributed by atoms with Gasteiger partial charge in [0.1, 0.15) is 0 Å². The number of aromatic nitrogens is 3. The zero-order chi connectivity index (χ0) is 16.0. The van der Waals surface area contributed by atoms with Crippen molar-refractivity contribution in [2.75, 3.05) is 25.5 Å². The van der Waals surface area contributed by atoms with Crippen molar-refractivity contribution in [1.82, 2.24) is 19.7 Å². The molecule has 2 aromatic rings. The lowest BCUT2D eigenvalue weighted by Crippen LogP contribution is -2.32. The highest BCUT2D eigenvalue weighted by Crippen LogP contribution is 2.41. The second-order valence-electron chi connectivity index (χ2n) is 6.47. The van der Waals surface area contributed by atoms with E-state index in [9.17, 15) is 4.79 Å². The Balaban J connectivity index is 1.70. The summed E-state index contributed by atoms with van der Waals surface area (Å²) in [5, 5.41) is 8.23. The quantitative estimate of drug-likeness (QED) is 0.917. The van der Waals surface area contributed by atoms with Gasteiger partial charge in [0.2, 0.25) is 5.91 Å². The van der Waals surface area contributed by atoms with Gasteiger partial charge in [-0.15, -0.1) is 0 Å². The van der Waals surface area contributed by atoms with Crippen LogP contribution in [0.5, 0.6) is 0 Å². The van der Waals surface area contributed by atoms with E-state index in [4.69, 9.17) is 5.10 Å². The van der Waals surface area contributed by atoms with Crippen molar-refractivity contribution < 1.29 is 4.79 Å². The van der Waals surface area contributed by atoms with Crippen LogP contribution in [0.3, 0.4) is 0 Å². The fourth-order valence-corrected chi connectivity index (χ4v) is 4.64. The number of thiazole rings is 1. The van der Waals surface area contributed by atoms with Crippen molar-refractivity contribution in [1.29, 1.82) is 0 Å². The van der Waals surface area contributed by atoms with E-state index in [1.807, 2.05) is 6.20 Å². The van der Waals surface area contributed by atoms with Crippen LogP contribution in [0.15, 0.2) is 6.20 Å². The Morgan fingerprint density at radius 1 is 1.35 bits per heavy atom. The van der Waals surface area contributed by atoms with E-state index < -0.39 is 0 Å². The molecule has 0 atom stereocenters. The first-order chi connectivity index (χ1) is 11.1. The molecule has 0 bridgehead atoms. The first-order valence-electron chi connectivity index (χ1n) is 8.14. The molecular weight excluding hydrogens is 310 g/mol. The monoisotopic (exact) mass is 331 g/mol. The van der Waals surface area contributed by atoms with Gasteiger partial charge in [-0.2, -0.15) is 5.10 Å². The minimum atomic E-state index is -0.0693. The highest BCUT2D eigenvalue weighted by Gasteiger charge is 2.29. The fourth-order valence-electron chi connectivity index (χ4n) is 3.51. The molecule has 1 N–H and O–H groups in total. The van der Waals surface area contributed by atoms with Crippen LogP contribution in [0, 0.1) is 0 Å². The minimum absolute atomic E-state index is 0.0693. The molecule has 6 nitrogen and oxygen atoms in total. The normalized spacial score (nSPS) is 18.5. The van der Waals surface area contributed by atoms with E-state index in [1.54, 1.807) is 11.3 Å². The second kappa shape index (κ2) is 5.72. The molecule has 3 heterocycles. The molecule has 1 amide bonds. The molecule has 0 unspecified atom stereocenters. The third-order valence-electron chi connectivity index (χ3n) is 4.73. The number of nitrogens with zero attached hydrogens (tertiary/aromatic N) is 4. The maximum Gasteiger partial charge on any atom is 0.223 e. The van der Waals surface area contributed by atoms with Crippen LogP contribution in [-0.2, 0) is 17.6 Å². The summed E-state index contributed by atoms with van der Waals surface area (Å²) in [7, 11) is 2.18. The molecular formula is C16H21N5OS. The number of carbonyl (C=O) groups is 1. The summed E-state index contributed by atoms with van der Waals surface area (Å²) in [5.74, 6) is -0.0693. The number of rotatable bonds is 2. The van der Waals surface area contributed by atoms with Gasteiger partial charge in [-0.05, 0) is 51.4 Å². The zero-order valence-corrected chi connectivity index (χ0v) is 14.3. The average Bonchev–Trinajstić information content (AvgIpc) is 3.10. The van der Waals surface area contributed by atoms with Crippen LogP contribution in [0.25, 0.3) is 10.6 Å². The Kier molecular flexibility index (Phi) is 3.69. The lowest BCUT2D eigenvalue weighted by atomic mass is 9.99. The Labute approximate surface area is 139 Å². The third kappa shape index (κ3) is 2.68. The molecule has 1 fully saturated rings. The molecule has 0 saturated carbocycles. The van der Waals surface area contributed by atoms with E-state index in [0.29, 0.717) is 11.2 Å². The number of fused-ring (bicyclic) bond motifs is 3. The smallest absolute Gasteiger partial charge is 0.223 e. The molecule has 0 radical (unpaired) electrons. The predicted octanol–water partition coefficient (Wildman–Crippen LogP) is 2.33. The Hall–Kier alpha value is -1.73. The second-order valence-corrected chi connectivity index (χ2v) is 7.47. The first-order valence-corrected chi connectivity index (χ1v) is 8.96. The number of nitrogens with one attached hydrogen (secondary N) is 1. The number of aryl methyl sites for hydroxylation is 2. The molecule has 0 aromatic carbocycles. The number of hydrogen-bond donors (Lipinski definition) is 1. The highest BCUT2D eigenvalue weighted by molar-refractivity contribution is 7.19. The Bertz CT molecular complexity index is 742. The Morgan fingerprint density at radius 2 is 2.13 bits per heavy atom.